The lowest BCUT2D eigenvalue weighted by atomic mass is 10.1. The summed E-state index contributed by atoms with van der Waals surface area (Å²) in [4.78, 5) is 45.8. The molecule has 0 amide bonds. The highest BCUT2D eigenvalue weighted by Crippen LogP contribution is 2.33. The molecule has 10 nitrogen and oxygen atoms in total. The van der Waals surface area contributed by atoms with E-state index in [2.05, 4.69) is 11.8 Å². The summed E-state index contributed by atoms with van der Waals surface area (Å²) in [6.45, 7) is 7.14. The molecular weight excluding hydrogens is 524 g/mol. The molecule has 0 bridgehead atoms. The number of aromatic nitrogens is 2. The number of methoxy groups -OCH3 is 1. The third-order valence-corrected chi connectivity index (χ3v) is 7.84. The van der Waals surface area contributed by atoms with Crippen LogP contribution in [0, 0.1) is 18.8 Å². The Kier molecular flexibility index (Phi) is 8.49. The van der Waals surface area contributed by atoms with Gasteiger partial charge in [0.1, 0.15) is 16.7 Å². The van der Waals surface area contributed by atoms with Crippen molar-refractivity contribution >= 4 is 27.5 Å². The maximum Gasteiger partial charge on any atom is 0.365 e. The second kappa shape index (κ2) is 11.7. The van der Waals surface area contributed by atoms with Gasteiger partial charge in [-0.15, -0.1) is 17.3 Å². The predicted octanol–water partition coefficient (Wildman–Crippen LogP) is 3.14. The monoisotopic (exact) mass is 556 g/mol. The Labute approximate surface area is 229 Å². The van der Waals surface area contributed by atoms with Gasteiger partial charge in [-0.3, -0.25) is 9.36 Å². The van der Waals surface area contributed by atoms with Crippen LogP contribution in [0.4, 0.5) is 0 Å². The number of nitrogens with zero attached hydrogens (tertiary/aromatic N) is 2. The van der Waals surface area contributed by atoms with Crippen molar-refractivity contribution in [2.24, 2.45) is 0 Å². The largest absolute Gasteiger partial charge is 0.496 e. The van der Waals surface area contributed by atoms with E-state index in [4.69, 9.17) is 19.0 Å². The molecule has 1 N–H and O–H groups in total. The molecule has 1 unspecified atom stereocenters. The van der Waals surface area contributed by atoms with E-state index in [1.165, 1.54) is 29.8 Å². The molecule has 1 aliphatic heterocycles. The average molecular weight is 557 g/mol. The molecule has 4 rings (SSSR count). The number of para-hydroxylation sites is 1. The molecule has 3 heterocycles. The number of rotatable bonds is 9. The summed E-state index contributed by atoms with van der Waals surface area (Å²) in [6.07, 6.45) is 0.644. The molecule has 0 saturated carbocycles. The number of ether oxygens (including phenoxy) is 3. The van der Waals surface area contributed by atoms with Gasteiger partial charge in [0.15, 0.2) is 0 Å². The van der Waals surface area contributed by atoms with Gasteiger partial charge >= 0.3 is 11.7 Å². The summed E-state index contributed by atoms with van der Waals surface area (Å²) in [5, 5.41) is 9.86. The van der Waals surface area contributed by atoms with E-state index in [0.717, 1.165) is 5.56 Å². The molecule has 1 fully saturated rings. The van der Waals surface area contributed by atoms with E-state index >= 15 is 0 Å². The maximum atomic E-state index is 13.9. The summed E-state index contributed by atoms with van der Waals surface area (Å²) in [5.74, 6) is 5.11. The lowest BCUT2D eigenvalue weighted by molar-refractivity contribution is -0.163. The fraction of sp³-hybridized carbons (Fsp3) is 0.464. The summed E-state index contributed by atoms with van der Waals surface area (Å²) >= 11 is 1.23. The Bertz CT molecular complexity index is 1550. The third-order valence-electron chi connectivity index (χ3n) is 6.61. The Morgan fingerprint density at radius 3 is 2.59 bits per heavy atom. The number of hydrogen-bond acceptors (Lipinski definition) is 8. The smallest absolute Gasteiger partial charge is 0.365 e. The lowest BCUT2D eigenvalue weighted by Crippen LogP contribution is -2.52. The second-order valence-electron chi connectivity index (χ2n) is 9.69. The van der Waals surface area contributed by atoms with E-state index in [1.807, 2.05) is 24.3 Å². The van der Waals surface area contributed by atoms with Crippen LogP contribution in [0.2, 0.25) is 0 Å². The van der Waals surface area contributed by atoms with E-state index in [1.54, 1.807) is 21.0 Å². The first-order valence-corrected chi connectivity index (χ1v) is 13.4. The Morgan fingerprint density at radius 2 is 1.95 bits per heavy atom. The fourth-order valence-electron chi connectivity index (χ4n) is 4.42. The molecular formula is C28H32N2O8S. The number of aryl methyl sites for hydroxylation is 1. The van der Waals surface area contributed by atoms with Gasteiger partial charge in [0.25, 0.3) is 5.56 Å². The van der Waals surface area contributed by atoms with Crippen molar-refractivity contribution < 1.29 is 28.9 Å². The summed E-state index contributed by atoms with van der Waals surface area (Å²) in [5.41, 5.74) is -2.07. The van der Waals surface area contributed by atoms with Crippen molar-refractivity contribution in [2.75, 3.05) is 20.3 Å². The standard InChI is InChI=1S/C28H32N2O8S/c1-6-9-22-17(2)23-24(31)30(38-28(3,4)26(32)33)27(34)29(25(23)39-22)16-21(37-18-12-14-36-15-13-18)19-10-7-8-11-20(19)35-5/h7-8,10-11,18,21H,12-16H2,1-5H3,(H,32,33). The molecule has 1 atom stereocenters. The van der Waals surface area contributed by atoms with Crippen LogP contribution in [-0.4, -0.2) is 52.4 Å². The average Bonchev–Trinajstić information content (AvgIpc) is 3.24. The van der Waals surface area contributed by atoms with Crippen LogP contribution in [0.1, 0.15) is 55.7 Å². The molecule has 2 aromatic heterocycles. The first kappa shape index (κ1) is 28.4. The molecule has 0 aliphatic carbocycles. The Morgan fingerprint density at radius 1 is 1.26 bits per heavy atom. The second-order valence-corrected chi connectivity index (χ2v) is 10.7. The highest BCUT2D eigenvalue weighted by molar-refractivity contribution is 7.19. The zero-order valence-electron chi connectivity index (χ0n) is 22.6. The molecule has 208 valence electrons. The van der Waals surface area contributed by atoms with E-state index in [0.29, 0.717) is 51.8 Å². The molecule has 11 heteroatoms. The fourth-order valence-corrected chi connectivity index (χ4v) is 5.63. The quantitative estimate of drug-likeness (QED) is 0.400. The third kappa shape index (κ3) is 5.73. The van der Waals surface area contributed by atoms with Crippen molar-refractivity contribution in [3.05, 3.63) is 61.1 Å². The summed E-state index contributed by atoms with van der Waals surface area (Å²) < 4.78 is 19.6. The SMILES string of the molecule is CC#Cc1sc2c(c1C)c(=O)n(OC(C)(C)C(=O)O)c(=O)n2CC(OC1CCOCC1)c1ccccc1OC. The highest BCUT2D eigenvalue weighted by atomic mass is 32.1. The molecule has 1 saturated heterocycles. The number of carbonyl (C=O) groups is 1. The minimum Gasteiger partial charge on any atom is -0.496 e. The molecule has 0 spiro atoms. The van der Waals surface area contributed by atoms with Gasteiger partial charge in [-0.1, -0.05) is 28.8 Å². The maximum absolute atomic E-state index is 13.9. The number of benzene rings is 1. The van der Waals surface area contributed by atoms with Gasteiger partial charge in [0.2, 0.25) is 5.60 Å². The zero-order chi connectivity index (χ0) is 28.3. The predicted molar refractivity (Wildman–Crippen MR) is 147 cm³/mol. The summed E-state index contributed by atoms with van der Waals surface area (Å²) in [6, 6.07) is 7.40. The molecule has 3 aromatic rings. The molecule has 1 aliphatic rings. The van der Waals surface area contributed by atoms with Gasteiger partial charge in [-0.25, -0.2) is 9.59 Å². The first-order valence-electron chi connectivity index (χ1n) is 12.6. The number of hydrogen-bond donors (Lipinski definition) is 1. The van der Waals surface area contributed by atoms with Crippen molar-refractivity contribution in [1.82, 2.24) is 9.30 Å². The van der Waals surface area contributed by atoms with Crippen molar-refractivity contribution in [2.45, 2.75) is 64.9 Å². The van der Waals surface area contributed by atoms with Crippen LogP contribution in [0.5, 0.6) is 5.75 Å². The van der Waals surface area contributed by atoms with Crippen molar-refractivity contribution in [3.8, 4) is 17.6 Å². The normalized spacial score (nSPS) is 15.0. The minimum atomic E-state index is -1.84. The van der Waals surface area contributed by atoms with Gasteiger partial charge < -0.3 is 24.2 Å². The van der Waals surface area contributed by atoms with Crippen LogP contribution >= 0.6 is 11.3 Å². The van der Waals surface area contributed by atoms with E-state index in [9.17, 15) is 19.5 Å². The first-order chi connectivity index (χ1) is 18.6. The molecule has 0 radical (unpaired) electrons. The zero-order valence-corrected chi connectivity index (χ0v) is 23.4. The number of thiophene rings is 1. The number of aliphatic carboxylic acids is 1. The Balaban J connectivity index is 1.94. The van der Waals surface area contributed by atoms with Gasteiger partial charge in [-0.05, 0) is 52.2 Å². The van der Waals surface area contributed by atoms with Crippen molar-refractivity contribution in [3.63, 3.8) is 0 Å². The van der Waals surface area contributed by atoms with Crippen LogP contribution in [-0.2, 0) is 20.8 Å². The van der Waals surface area contributed by atoms with Gasteiger partial charge in [-0.2, -0.15) is 0 Å². The Hall–Kier alpha value is -3.59. The molecule has 39 heavy (non-hydrogen) atoms. The van der Waals surface area contributed by atoms with Gasteiger partial charge in [0, 0.05) is 18.8 Å². The number of fused-ring (bicyclic) bond motifs is 1. The molecule has 1 aromatic carbocycles. The minimum absolute atomic E-state index is 0.0170. The number of carboxylic acid groups (broad SMARTS) is 1. The lowest BCUT2D eigenvalue weighted by Gasteiger charge is -2.29. The van der Waals surface area contributed by atoms with Crippen LogP contribution in [0.25, 0.3) is 10.2 Å². The number of carboxylic acids is 1. The summed E-state index contributed by atoms with van der Waals surface area (Å²) in [7, 11) is 1.56. The van der Waals surface area contributed by atoms with Crippen LogP contribution in [0.3, 0.4) is 0 Å². The van der Waals surface area contributed by atoms with Crippen molar-refractivity contribution in [1.29, 1.82) is 0 Å². The van der Waals surface area contributed by atoms with Crippen LogP contribution < -0.4 is 20.8 Å². The highest BCUT2D eigenvalue weighted by Gasteiger charge is 2.34. The van der Waals surface area contributed by atoms with Crippen LogP contribution in [0.15, 0.2) is 33.9 Å². The topological polar surface area (TPSA) is 118 Å². The van der Waals surface area contributed by atoms with E-state index < -0.39 is 28.9 Å². The van der Waals surface area contributed by atoms with Gasteiger partial charge in [0.05, 0.1) is 30.0 Å². The van der Waals surface area contributed by atoms with E-state index in [-0.39, 0.29) is 18.0 Å².